The molecule has 0 unspecified atom stereocenters. The third-order valence-corrected chi connectivity index (χ3v) is 7.08. The molecule has 7 nitrogen and oxygen atoms in total. The molecule has 4 rings (SSSR count). The summed E-state index contributed by atoms with van der Waals surface area (Å²) in [5.74, 6) is -2.18. The summed E-state index contributed by atoms with van der Waals surface area (Å²) in [6, 6.07) is 13.4. The molecule has 12 heteroatoms. The van der Waals surface area contributed by atoms with Gasteiger partial charge in [0.25, 0.3) is 20.0 Å². The number of benzene rings is 3. The number of nitrogens with one attached hydrogen (secondary N) is 2. The molecule has 0 amide bonds. The van der Waals surface area contributed by atoms with E-state index in [2.05, 4.69) is 9.44 Å². The van der Waals surface area contributed by atoms with Gasteiger partial charge in [0.15, 0.2) is 0 Å². The summed E-state index contributed by atoms with van der Waals surface area (Å²) >= 11 is 5.95. The van der Waals surface area contributed by atoms with Crippen LogP contribution in [0.3, 0.4) is 0 Å². The highest BCUT2D eigenvalue weighted by molar-refractivity contribution is 7.93. The van der Waals surface area contributed by atoms with Gasteiger partial charge in [0.2, 0.25) is 5.09 Å². The fourth-order valence-electron chi connectivity index (χ4n) is 2.86. The van der Waals surface area contributed by atoms with Crippen molar-refractivity contribution in [3.8, 4) is 0 Å². The van der Waals surface area contributed by atoms with E-state index in [9.17, 15) is 25.6 Å². The van der Waals surface area contributed by atoms with Gasteiger partial charge in [-0.25, -0.2) is 17.2 Å². The van der Waals surface area contributed by atoms with Crippen LogP contribution in [-0.2, 0) is 20.0 Å². The monoisotopic (exact) mass is 498 g/mol. The second-order valence-electron chi connectivity index (χ2n) is 6.61. The average Bonchev–Trinajstić information content (AvgIpc) is 3.14. The zero-order valence-electron chi connectivity index (χ0n) is 15.8. The third-order valence-electron chi connectivity index (χ3n) is 4.28. The van der Waals surface area contributed by atoms with Crippen LogP contribution in [0.15, 0.2) is 81.1 Å². The predicted octanol–water partition coefficient (Wildman–Crippen LogP) is 4.97. The van der Waals surface area contributed by atoms with E-state index in [4.69, 9.17) is 16.0 Å². The van der Waals surface area contributed by atoms with Gasteiger partial charge in [0.05, 0.1) is 16.3 Å². The smallest absolute Gasteiger partial charge is 0.295 e. The van der Waals surface area contributed by atoms with Crippen molar-refractivity contribution >= 4 is 54.0 Å². The van der Waals surface area contributed by atoms with Crippen molar-refractivity contribution < 1.29 is 30.0 Å². The van der Waals surface area contributed by atoms with Gasteiger partial charge < -0.3 is 4.42 Å². The lowest BCUT2D eigenvalue weighted by atomic mass is 10.3. The van der Waals surface area contributed by atoms with E-state index in [0.717, 1.165) is 0 Å². The molecule has 1 aromatic heterocycles. The summed E-state index contributed by atoms with van der Waals surface area (Å²) in [7, 11) is -8.74. The minimum Gasteiger partial charge on any atom is -0.443 e. The lowest BCUT2D eigenvalue weighted by Crippen LogP contribution is -2.17. The first-order valence-corrected chi connectivity index (χ1v) is 12.2. The van der Waals surface area contributed by atoms with Crippen LogP contribution in [0.5, 0.6) is 0 Å². The van der Waals surface area contributed by atoms with Crippen molar-refractivity contribution in [3.05, 3.63) is 83.4 Å². The lowest BCUT2D eigenvalue weighted by molar-refractivity contribution is 0.484. The Hall–Kier alpha value is -3.15. The molecule has 0 saturated carbocycles. The first-order valence-electron chi connectivity index (χ1n) is 8.83. The van der Waals surface area contributed by atoms with Crippen LogP contribution in [0.1, 0.15) is 0 Å². The van der Waals surface area contributed by atoms with Crippen molar-refractivity contribution in [3.63, 3.8) is 0 Å². The molecule has 0 saturated heterocycles. The van der Waals surface area contributed by atoms with E-state index in [1.54, 1.807) is 24.3 Å². The van der Waals surface area contributed by atoms with Gasteiger partial charge in [0, 0.05) is 22.5 Å². The Morgan fingerprint density at radius 1 is 0.750 bits per heavy atom. The van der Waals surface area contributed by atoms with Crippen molar-refractivity contribution in [2.45, 2.75) is 9.99 Å². The summed E-state index contributed by atoms with van der Waals surface area (Å²) in [6.07, 6.45) is 0. The van der Waals surface area contributed by atoms with Gasteiger partial charge >= 0.3 is 0 Å². The number of hydrogen-bond acceptors (Lipinski definition) is 5. The van der Waals surface area contributed by atoms with Crippen LogP contribution in [0.25, 0.3) is 11.0 Å². The predicted molar refractivity (Wildman–Crippen MR) is 116 cm³/mol. The maximum Gasteiger partial charge on any atom is 0.295 e. The Kier molecular flexibility index (Phi) is 5.57. The molecule has 4 aromatic rings. The molecule has 0 bridgehead atoms. The summed E-state index contributed by atoms with van der Waals surface area (Å²) in [5, 5.41) is 0.250. The summed E-state index contributed by atoms with van der Waals surface area (Å²) in [5.41, 5.74) is -0.106. The van der Waals surface area contributed by atoms with Crippen molar-refractivity contribution in [2.24, 2.45) is 0 Å². The fourth-order valence-corrected chi connectivity index (χ4v) is 5.20. The van der Waals surface area contributed by atoms with Gasteiger partial charge in [-0.2, -0.15) is 8.42 Å². The Balaban J connectivity index is 1.70. The van der Waals surface area contributed by atoms with Gasteiger partial charge in [-0.05, 0) is 36.4 Å². The maximum absolute atomic E-state index is 13.5. The number of hydrogen-bond donors (Lipinski definition) is 2. The maximum atomic E-state index is 13.5. The standard InChI is InChI=1S/C20H13ClF2N2O5S2/c21-13-5-6-17(24-31(26,27)16-10-14(22)9-15(23)11-16)18(8-13)25-32(28,29)20-7-12-3-1-2-4-19(12)30-20/h1-11,24-25H. The third kappa shape index (κ3) is 4.54. The topological polar surface area (TPSA) is 105 Å². The number of furan rings is 1. The highest BCUT2D eigenvalue weighted by Gasteiger charge is 2.23. The number of halogens is 3. The molecule has 1 heterocycles. The fraction of sp³-hybridized carbons (Fsp3) is 0. The number of para-hydroxylation sites is 1. The molecular formula is C20H13ClF2N2O5S2. The summed E-state index contributed by atoms with van der Waals surface area (Å²) in [6.45, 7) is 0. The summed E-state index contributed by atoms with van der Waals surface area (Å²) < 4.78 is 87.6. The molecule has 0 spiro atoms. The molecule has 0 aliphatic carbocycles. The molecule has 0 aliphatic heterocycles. The lowest BCUT2D eigenvalue weighted by Gasteiger charge is -2.14. The molecule has 0 aliphatic rings. The van der Waals surface area contributed by atoms with E-state index in [1.165, 1.54) is 24.3 Å². The zero-order valence-corrected chi connectivity index (χ0v) is 18.2. The molecule has 0 fully saturated rings. The number of anilines is 2. The van der Waals surface area contributed by atoms with Crippen molar-refractivity contribution in [2.75, 3.05) is 9.44 Å². The molecular weight excluding hydrogens is 486 g/mol. The Bertz CT molecular complexity index is 1500. The van der Waals surface area contributed by atoms with Crippen LogP contribution < -0.4 is 9.44 Å². The minimum absolute atomic E-state index is 0.104. The highest BCUT2D eigenvalue weighted by atomic mass is 35.5. The molecule has 32 heavy (non-hydrogen) atoms. The first-order chi connectivity index (χ1) is 15.0. The SMILES string of the molecule is O=S(=O)(Nc1ccc(Cl)cc1NS(=O)(=O)c1cc2ccccc2o1)c1cc(F)cc(F)c1. The molecule has 3 aromatic carbocycles. The molecule has 0 radical (unpaired) electrons. The Morgan fingerprint density at radius 3 is 2.09 bits per heavy atom. The Morgan fingerprint density at radius 2 is 1.41 bits per heavy atom. The van der Waals surface area contributed by atoms with E-state index in [-0.39, 0.29) is 16.4 Å². The van der Waals surface area contributed by atoms with E-state index in [0.29, 0.717) is 29.2 Å². The zero-order chi connectivity index (χ0) is 23.1. The van der Waals surface area contributed by atoms with Crippen LogP contribution in [0, 0.1) is 11.6 Å². The van der Waals surface area contributed by atoms with Crippen molar-refractivity contribution in [1.29, 1.82) is 0 Å². The van der Waals surface area contributed by atoms with Gasteiger partial charge in [-0.3, -0.25) is 9.44 Å². The van der Waals surface area contributed by atoms with Crippen LogP contribution in [0.4, 0.5) is 20.2 Å². The van der Waals surface area contributed by atoms with E-state index < -0.39 is 41.7 Å². The highest BCUT2D eigenvalue weighted by Crippen LogP contribution is 2.31. The molecule has 0 atom stereocenters. The van der Waals surface area contributed by atoms with Crippen LogP contribution in [0.2, 0.25) is 5.02 Å². The van der Waals surface area contributed by atoms with E-state index in [1.807, 2.05) is 0 Å². The second kappa shape index (κ2) is 8.08. The summed E-state index contributed by atoms with van der Waals surface area (Å²) in [4.78, 5) is -0.684. The Labute approximate surface area is 186 Å². The van der Waals surface area contributed by atoms with Gasteiger partial charge in [-0.15, -0.1) is 0 Å². The first kappa shape index (κ1) is 22.1. The quantitative estimate of drug-likeness (QED) is 0.390. The largest absolute Gasteiger partial charge is 0.443 e. The average molecular weight is 499 g/mol. The number of rotatable bonds is 6. The number of sulfonamides is 2. The normalized spacial score (nSPS) is 12.1. The molecule has 2 N–H and O–H groups in total. The van der Waals surface area contributed by atoms with Crippen LogP contribution >= 0.6 is 11.6 Å². The van der Waals surface area contributed by atoms with Gasteiger partial charge in [0.1, 0.15) is 17.2 Å². The van der Waals surface area contributed by atoms with Gasteiger partial charge in [-0.1, -0.05) is 29.8 Å². The second-order valence-corrected chi connectivity index (χ2v) is 10.3. The van der Waals surface area contributed by atoms with E-state index >= 15 is 0 Å². The molecule has 166 valence electrons. The van der Waals surface area contributed by atoms with Crippen LogP contribution in [-0.4, -0.2) is 16.8 Å². The minimum atomic E-state index is -4.47. The number of fused-ring (bicyclic) bond motifs is 1. The van der Waals surface area contributed by atoms with Crippen molar-refractivity contribution in [1.82, 2.24) is 0 Å².